The molecule has 0 aliphatic heterocycles. The average Bonchev–Trinajstić information content (AvgIpc) is 3.22. The van der Waals surface area contributed by atoms with E-state index in [0.29, 0.717) is 5.69 Å². The molecule has 0 saturated carbocycles. The molecule has 0 radical (unpaired) electrons. The van der Waals surface area contributed by atoms with Crippen molar-refractivity contribution in [1.82, 2.24) is 25.9 Å². The van der Waals surface area contributed by atoms with Gasteiger partial charge in [0.05, 0.1) is 18.8 Å². The van der Waals surface area contributed by atoms with Crippen molar-refractivity contribution in [3.8, 4) is 0 Å². The fourth-order valence-corrected chi connectivity index (χ4v) is 3.07. The Morgan fingerprint density at radius 3 is 2.09 bits per heavy atom. The maximum Gasteiger partial charge on any atom is 0.326 e. The van der Waals surface area contributed by atoms with Crippen LogP contribution in [0.1, 0.15) is 32.4 Å². The predicted octanol–water partition coefficient (Wildman–Crippen LogP) is -1.73. The standard InChI is InChI=1S/C19H30N6O7S/c1-9(2)3-12(23-16(28)11(20)5-15(26)27)17(29)25-14(7-33)18(30)24-13(19(31)32)4-10-6-21-8-22-10/h6,8-9,11-14,33H,3-5,7,20H2,1-2H3,(H,21,22)(H,23,28)(H,24,30)(H,25,29)(H,26,27)(H,31,32). The molecule has 4 unspecified atom stereocenters. The maximum atomic E-state index is 12.8. The van der Waals surface area contributed by atoms with Crippen molar-refractivity contribution in [3.05, 3.63) is 18.2 Å². The van der Waals surface area contributed by atoms with Gasteiger partial charge in [-0.3, -0.25) is 19.2 Å². The van der Waals surface area contributed by atoms with Crippen molar-refractivity contribution in [1.29, 1.82) is 0 Å². The Kier molecular flexibility index (Phi) is 11.4. The zero-order valence-electron chi connectivity index (χ0n) is 18.3. The third-order valence-electron chi connectivity index (χ3n) is 4.48. The summed E-state index contributed by atoms with van der Waals surface area (Å²) in [6, 6.07) is -4.92. The second kappa shape index (κ2) is 13.4. The predicted molar refractivity (Wildman–Crippen MR) is 119 cm³/mol. The van der Waals surface area contributed by atoms with Crippen LogP contribution in [0.2, 0.25) is 0 Å². The van der Waals surface area contributed by atoms with Crippen molar-refractivity contribution in [2.75, 3.05) is 5.75 Å². The number of nitrogens with two attached hydrogens (primary N) is 1. The third-order valence-corrected chi connectivity index (χ3v) is 4.85. The number of aliphatic carboxylic acids is 2. The zero-order valence-corrected chi connectivity index (χ0v) is 19.2. The second-order valence-electron chi connectivity index (χ2n) is 7.82. The smallest absolute Gasteiger partial charge is 0.326 e. The molecule has 0 aromatic carbocycles. The summed E-state index contributed by atoms with van der Waals surface area (Å²) >= 11 is 4.06. The van der Waals surface area contributed by atoms with Crippen LogP contribution >= 0.6 is 12.6 Å². The summed E-state index contributed by atoms with van der Waals surface area (Å²) in [7, 11) is 0. The number of H-pyrrole nitrogens is 1. The highest BCUT2D eigenvalue weighted by Crippen LogP contribution is 2.07. The Hall–Kier alpha value is -3.13. The largest absolute Gasteiger partial charge is 0.481 e. The van der Waals surface area contributed by atoms with Crippen molar-refractivity contribution >= 4 is 42.3 Å². The van der Waals surface area contributed by atoms with E-state index in [2.05, 4.69) is 38.5 Å². The molecule has 1 heterocycles. The number of nitrogens with zero attached hydrogens (tertiary/aromatic N) is 1. The first-order valence-electron chi connectivity index (χ1n) is 10.1. The number of hydrogen-bond acceptors (Lipinski definition) is 8. The molecule has 184 valence electrons. The van der Waals surface area contributed by atoms with Gasteiger partial charge in [0.2, 0.25) is 17.7 Å². The van der Waals surface area contributed by atoms with Gasteiger partial charge in [0.1, 0.15) is 18.1 Å². The molecule has 0 spiro atoms. The van der Waals surface area contributed by atoms with E-state index in [0.717, 1.165) is 0 Å². The summed E-state index contributed by atoms with van der Waals surface area (Å²) in [6.07, 6.45) is 2.32. The van der Waals surface area contributed by atoms with E-state index in [1.807, 2.05) is 0 Å². The Morgan fingerprint density at radius 2 is 1.61 bits per heavy atom. The van der Waals surface area contributed by atoms with E-state index in [1.54, 1.807) is 13.8 Å². The molecule has 33 heavy (non-hydrogen) atoms. The molecule has 1 aromatic rings. The summed E-state index contributed by atoms with van der Waals surface area (Å²) in [6.45, 7) is 3.61. The van der Waals surface area contributed by atoms with Crippen molar-refractivity contribution in [3.63, 3.8) is 0 Å². The normalized spacial score (nSPS) is 14.6. The lowest BCUT2D eigenvalue weighted by molar-refractivity contribution is -0.142. The van der Waals surface area contributed by atoms with Gasteiger partial charge in [-0.15, -0.1) is 0 Å². The number of carboxylic acids is 2. The lowest BCUT2D eigenvalue weighted by Crippen LogP contribution is -2.58. The highest BCUT2D eigenvalue weighted by atomic mass is 32.1. The van der Waals surface area contributed by atoms with Gasteiger partial charge < -0.3 is 36.9 Å². The topological polar surface area (TPSA) is 217 Å². The number of thiol groups is 1. The first-order valence-corrected chi connectivity index (χ1v) is 10.8. The van der Waals surface area contributed by atoms with Gasteiger partial charge >= 0.3 is 11.9 Å². The van der Waals surface area contributed by atoms with Crippen LogP contribution in [0.5, 0.6) is 0 Å². The van der Waals surface area contributed by atoms with Crippen molar-refractivity contribution in [2.24, 2.45) is 11.7 Å². The van der Waals surface area contributed by atoms with Gasteiger partial charge in [-0.05, 0) is 12.3 Å². The molecule has 3 amide bonds. The van der Waals surface area contributed by atoms with Crippen LogP contribution < -0.4 is 21.7 Å². The highest BCUT2D eigenvalue weighted by Gasteiger charge is 2.30. The SMILES string of the molecule is CC(C)CC(NC(=O)C(N)CC(=O)O)C(=O)NC(CS)C(=O)NC(Cc1cnc[nH]1)C(=O)O. The summed E-state index contributed by atoms with van der Waals surface area (Å²) in [5, 5.41) is 25.4. The van der Waals surface area contributed by atoms with E-state index >= 15 is 0 Å². The number of carbonyl (C=O) groups excluding carboxylic acids is 3. The van der Waals surface area contributed by atoms with Crippen LogP contribution in [-0.2, 0) is 30.4 Å². The van der Waals surface area contributed by atoms with Gasteiger partial charge in [-0.25, -0.2) is 9.78 Å². The minimum absolute atomic E-state index is 0.0363. The lowest BCUT2D eigenvalue weighted by Gasteiger charge is -2.25. The summed E-state index contributed by atoms with van der Waals surface area (Å²) < 4.78 is 0. The van der Waals surface area contributed by atoms with Gasteiger partial charge in [-0.1, -0.05) is 13.8 Å². The second-order valence-corrected chi connectivity index (χ2v) is 8.18. The third kappa shape index (κ3) is 9.91. The highest BCUT2D eigenvalue weighted by molar-refractivity contribution is 7.80. The van der Waals surface area contributed by atoms with Crippen molar-refractivity contribution in [2.45, 2.75) is 57.3 Å². The van der Waals surface area contributed by atoms with Gasteiger partial charge in [0.25, 0.3) is 0 Å². The summed E-state index contributed by atoms with van der Waals surface area (Å²) in [4.78, 5) is 66.4. The van der Waals surface area contributed by atoms with Crippen LogP contribution in [-0.4, -0.2) is 79.8 Å². The molecular weight excluding hydrogens is 456 g/mol. The number of rotatable bonds is 14. The molecule has 1 aromatic heterocycles. The number of aromatic amines is 1. The fourth-order valence-electron chi connectivity index (χ4n) is 2.82. The van der Waals surface area contributed by atoms with Crippen LogP contribution in [0.25, 0.3) is 0 Å². The lowest BCUT2D eigenvalue weighted by atomic mass is 10.0. The number of hydrogen-bond donors (Lipinski definition) is 8. The number of amides is 3. The van der Waals surface area contributed by atoms with Crippen molar-refractivity contribution < 1.29 is 34.2 Å². The quantitative estimate of drug-likeness (QED) is 0.140. The Balaban J connectivity index is 2.84. The fraction of sp³-hybridized carbons (Fsp3) is 0.579. The molecule has 0 saturated heterocycles. The first kappa shape index (κ1) is 27.9. The van der Waals surface area contributed by atoms with E-state index in [1.165, 1.54) is 12.5 Å². The average molecular weight is 487 g/mol. The van der Waals surface area contributed by atoms with Gasteiger partial charge in [-0.2, -0.15) is 12.6 Å². The molecular formula is C19H30N6O7S. The number of carbonyl (C=O) groups is 5. The Morgan fingerprint density at radius 1 is 1.03 bits per heavy atom. The Labute approximate surface area is 195 Å². The molecule has 4 atom stereocenters. The minimum atomic E-state index is -1.35. The van der Waals surface area contributed by atoms with Gasteiger partial charge in [0.15, 0.2) is 0 Å². The van der Waals surface area contributed by atoms with Crippen LogP contribution in [0, 0.1) is 5.92 Å². The molecule has 1 rings (SSSR count). The molecule has 13 nitrogen and oxygen atoms in total. The molecule has 8 N–H and O–H groups in total. The number of imidazole rings is 1. The Bertz CT molecular complexity index is 833. The molecule has 0 aliphatic carbocycles. The van der Waals surface area contributed by atoms with Crippen LogP contribution in [0.3, 0.4) is 0 Å². The number of nitrogens with one attached hydrogen (secondary N) is 4. The van der Waals surface area contributed by atoms with E-state index in [4.69, 9.17) is 10.8 Å². The van der Waals surface area contributed by atoms with E-state index in [-0.39, 0.29) is 24.5 Å². The molecule has 0 fully saturated rings. The summed E-state index contributed by atoms with van der Waals surface area (Å²) in [5.41, 5.74) is 6.04. The summed E-state index contributed by atoms with van der Waals surface area (Å²) in [5.74, 6) is -5.04. The van der Waals surface area contributed by atoms with Crippen LogP contribution in [0.15, 0.2) is 12.5 Å². The van der Waals surface area contributed by atoms with Crippen LogP contribution in [0.4, 0.5) is 0 Å². The first-order chi connectivity index (χ1) is 15.4. The number of carboxylic acid groups (broad SMARTS) is 2. The molecule has 0 aliphatic rings. The molecule has 0 bridgehead atoms. The maximum absolute atomic E-state index is 12.8. The van der Waals surface area contributed by atoms with Gasteiger partial charge in [0, 0.05) is 24.1 Å². The van der Waals surface area contributed by atoms with E-state index < -0.39 is 60.2 Å². The minimum Gasteiger partial charge on any atom is -0.481 e. The van der Waals surface area contributed by atoms with E-state index in [9.17, 15) is 29.1 Å². The zero-order chi connectivity index (χ0) is 25.1. The monoisotopic (exact) mass is 486 g/mol. The number of aromatic nitrogens is 2. The molecule has 14 heteroatoms.